The summed E-state index contributed by atoms with van der Waals surface area (Å²) in [6.45, 7) is 3.17. The van der Waals surface area contributed by atoms with Crippen LogP contribution in [-0.4, -0.2) is 32.2 Å². The Morgan fingerprint density at radius 1 is 1.53 bits per heavy atom. The summed E-state index contributed by atoms with van der Waals surface area (Å²) in [6.07, 6.45) is 2.76. The summed E-state index contributed by atoms with van der Waals surface area (Å²) in [6, 6.07) is 2.01. The van der Waals surface area contributed by atoms with Gasteiger partial charge in [-0.2, -0.15) is 0 Å². The zero-order valence-corrected chi connectivity index (χ0v) is 9.53. The number of nitrogens with zero attached hydrogens (tertiary/aromatic N) is 1. The second-order valence-electron chi connectivity index (χ2n) is 3.71. The maximum absolute atomic E-state index is 5.50. The summed E-state index contributed by atoms with van der Waals surface area (Å²) in [4.78, 5) is 2.21. The van der Waals surface area contributed by atoms with Gasteiger partial charge in [-0.3, -0.25) is 4.90 Å². The third-order valence-corrected chi connectivity index (χ3v) is 2.26. The number of furan rings is 1. The molecule has 1 rings (SSSR count). The zero-order valence-electron chi connectivity index (χ0n) is 9.53. The van der Waals surface area contributed by atoms with Gasteiger partial charge in [0, 0.05) is 32.4 Å². The summed E-state index contributed by atoms with van der Waals surface area (Å²) in [5, 5.41) is 0. The maximum atomic E-state index is 5.50. The zero-order chi connectivity index (χ0) is 11.1. The van der Waals surface area contributed by atoms with Crippen LogP contribution < -0.4 is 5.73 Å². The molecule has 0 saturated heterocycles. The average molecular weight is 212 g/mol. The Morgan fingerprint density at radius 3 is 2.93 bits per heavy atom. The van der Waals surface area contributed by atoms with Crippen LogP contribution in [0.15, 0.2) is 16.7 Å². The summed E-state index contributed by atoms with van der Waals surface area (Å²) < 4.78 is 10.4. The van der Waals surface area contributed by atoms with E-state index >= 15 is 0 Å². The predicted octanol–water partition coefficient (Wildman–Crippen LogP) is 1.21. The lowest BCUT2D eigenvalue weighted by atomic mass is 10.3. The van der Waals surface area contributed by atoms with Crippen molar-refractivity contribution in [3.05, 3.63) is 23.7 Å². The monoisotopic (exact) mass is 212 g/mol. The fourth-order valence-corrected chi connectivity index (χ4v) is 1.44. The molecule has 0 aliphatic heterocycles. The number of hydrogen-bond acceptors (Lipinski definition) is 4. The quantitative estimate of drug-likeness (QED) is 0.690. The molecule has 0 aromatic carbocycles. The average Bonchev–Trinajstić information content (AvgIpc) is 2.66. The standard InChI is InChI=1S/C11H20N2O2/c1-13(4-3-5-14-2)8-11-6-10(7-12)9-15-11/h6,9H,3-5,7-8,12H2,1-2H3. The van der Waals surface area contributed by atoms with Crippen LogP contribution in [0, 0.1) is 0 Å². The number of nitrogens with two attached hydrogens (primary N) is 1. The smallest absolute Gasteiger partial charge is 0.118 e. The first-order valence-electron chi connectivity index (χ1n) is 5.20. The normalized spacial score (nSPS) is 11.2. The highest BCUT2D eigenvalue weighted by molar-refractivity contribution is 5.12. The molecule has 0 atom stereocenters. The van der Waals surface area contributed by atoms with Gasteiger partial charge in [-0.25, -0.2) is 0 Å². The number of methoxy groups -OCH3 is 1. The molecule has 4 nitrogen and oxygen atoms in total. The van der Waals surface area contributed by atoms with E-state index in [0.717, 1.165) is 37.4 Å². The lowest BCUT2D eigenvalue weighted by Gasteiger charge is -2.14. The molecule has 0 unspecified atom stereocenters. The van der Waals surface area contributed by atoms with Gasteiger partial charge < -0.3 is 14.9 Å². The molecule has 1 aromatic rings. The third-order valence-electron chi connectivity index (χ3n) is 2.26. The van der Waals surface area contributed by atoms with Gasteiger partial charge in [0.05, 0.1) is 12.8 Å². The van der Waals surface area contributed by atoms with Gasteiger partial charge in [0.2, 0.25) is 0 Å². The van der Waals surface area contributed by atoms with Gasteiger partial charge >= 0.3 is 0 Å². The van der Waals surface area contributed by atoms with E-state index in [1.165, 1.54) is 0 Å². The molecule has 0 spiro atoms. The summed E-state index contributed by atoms with van der Waals surface area (Å²) in [5.74, 6) is 0.968. The van der Waals surface area contributed by atoms with Crippen molar-refractivity contribution >= 4 is 0 Å². The van der Waals surface area contributed by atoms with E-state index in [9.17, 15) is 0 Å². The van der Waals surface area contributed by atoms with Crippen LogP contribution in [0.5, 0.6) is 0 Å². The third kappa shape index (κ3) is 4.46. The Labute approximate surface area is 91.0 Å². The fourth-order valence-electron chi connectivity index (χ4n) is 1.44. The van der Waals surface area contributed by atoms with Gasteiger partial charge in [0.1, 0.15) is 5.76 Å². The van der Waals surface area contributed by atoms with Crippen molar-refractivity contribution < 1.29 is 9.15 Å². The molecule has 86 valence electrons. The molecule has 2 N–H and O–H groups in total. The number of ether oxygens (including phenoxy) is 1. The van der Waals surface area contributed by atoms with Crippen LogP contribution in [0.3, 0.4) is 0 Å². The second-order valence-corrected chi connectivity index (χ2v) is 3.71. The minimum absolute atomic E-state index is 0.539. The predicted molar refractivity (Wildman–Crippen MR) is 59.4 cm³/mol. The molecule has 0 amide bonds. The number of hydrogen-bond donors (Lipinski definition) is 1. The Morgan fingerprint density at radius 2 is 2.33 bits per heavy atom. The van der Waals surface area contributed by atoms with Crippen LogP contribution in [0.1, 0.15) is 17.7 Å². The van der Waals surface area contributed by atoms with E-state index in [-0.39, 0.29) is 0 Å². The van der Waals surface area contributed by atoms with E-state index in [4.69, 9.17) is 14.9 Å². The molecule has 4 heteroatoms. The van der Waals surface area contributed by atoms with Gasteiger partial charge in [-0.1, -0.05) is 0 Å². The molecular weight excluding hydrogens is 192 g/mol. The highest BCUT2D eigenvalue weighted by atomic mass is 16.5. The van der Waals surface area contributed by atoms with Crippen molar-refractivity contribution in [2.75, 3.05) is 27.3 Å². The Kier molecular flexibility index (Phi) is 5.39. The SMILES string of the molecule is COCCCN(C)Cc1cc(CN)co1. The van der Waals surface area contributed by atoms with Gasteiger partial charge in [0.15, 0.2) is 0 Å². The van der Waals surface area contributed by atoms with E-state index in [2.05, 4.69) is 11.9 Å². The van der Waals surface area contributed by atoms with Crippen LogP contribution in [0.4, 0.5) is 0 Å². The lowest BCUT2D eigenvalue weighted by Crippen LogP contribution is -2.19. The molecule has 1 aromatic heterocycles. The highest BCUT2D eigenvalue weighted by Gasteiger charge is 2.04. The first-order chi connectivity index (χ1) is 7.26. The van der Waals surface area contributed by atoms with Crippen molar-refractivity contribution in [2.24, 2.45) is 5.73 Å². The molecular formula is C11H20N2O2. The second kappa shape index (κ2) is 6.61. The Bertz CT molecular complexity index is 273. The first-order valence-corrected chi connectivity index (χ1v) is 5.20. The maximum Gasteiger partial charge on any atom is 0.118 e. The van der Waals surface area contributed by atoms with Crippen LogP contribution in [-0.2, 0) is 17.8 Å². The molecule has 0 saturated carbocycles. The molecule has 0 aliphatic carbocycles. The van der Waals surface area contributed by atoms with E-state index in [1.807, 2.05) is 6.07 Å². The van der Waals surface area contributed by atoms with E-state index < -0.39 is 0 Å². The van der Waals surface area contributed by atoms with Crippen LogP contribution in [0.2, 0.25) is 0 Å². The van der Waals surface area contributed by atoms with Crippen molar-refractivity contribution in [2.45, 2.75) is 19.5 Å². The highest BCUT2D eigenvalue weighted by Crippen LogP contribution is 2.09. The van der Waals surface area contributed by atoms with Crippen LogP contribution in [0.25, 0.3) is 0 Å². The van der Waals surface area contributed by atoms with Gasteiger partial charge in [0.25, 0.3) is 0 Å². The molecule has 0 bridgehead atoms. The molecule has 0 aliphatic rings. The van der Waals surface area contributed by atoms with Gasteiger partial charge in [-0.15, -0.1) is 0 Å². The topological polar surface area (TPSA) is 51.6 Å². The summed E-state index contributed by atoms with van der Waals surface area (Å²) in [7, 11) is 3.79. The van der Waals surface area contributed by atoms with Crippen molar-refractivity contribution in [1.82, 2.24) is 4.90 Å². The minimum atomic E-state index is 0.539. The van der Waals surface area contributed by atoms with E-state index in [0.29, 0.717) is 6.54 Å². The molecule has 15 heavy (non-hydrogen) atoms. The van der Waals surface area contributed by atoms with Gasteiger partial charge in [-0.05, 0) is 19.5 Å². The lowest BCUT2D eigenvalue weighted by molar-refractivity contribution is 0.176. The van der Waals surface area contributed by atoms with E-state index in [1.54, 1.807) is 13.4 Å². The molecule has 0 fully saturated rings. The summed E-state index contributed by atoms with van der Waals surface area (Å²) in [5.41, 5.74) is 6.55. The Balaban J connectivity index is 2.27. The summed E-state index contributed by atoms with van der Waals surface area (Å²) >= 11 is 0. The molecule has 0 radical (unpaired) electrons. The molecule has 1 heterocycles. The van der Waals surface area contributed by atoms with Crippen molar-refractivity contribution in [1.29, 1.82) is 0 Å². The Hall–Kier alpha value is -0.840. The minimum Gasteiger partial charge on any atom is -0.468 e. The first kappa shape index (κ1) is 12.2. The number of rotatable bonds is 7. The largest absolute Gasteiger partial charge is 0.468 e. The fraction of sp³-hybridized carbons (Fsp3) is 0.636. The van der Waals surface area contributed by atoms with Crippen molar-refractivity contribution in [3.8, 4) is 0 Å². The van der Waals surface area contributed by atoms with Crippen molar-refractivity contribution in [3.63, 3.8) is 0 Å². The van der Waals surface area contributed by atoms with Crippen LogP contribution >= 0.6 is 0 Å².